The van der Waals surface area contributed by atoms with E-state index in [1.54, 1.807) is 11.8 Å². The van der Waals surface area contributed by atoms with E-state index in [1.165, 1.54) is 4.90 Å². The minimum absolute atomic E-state index is 0.118. The molecule has 0 spiro atoms. The van der Waals surface area contributed by atoms with Crippen LogP contribution in [0.15, 0.2) is 72.9 Å². The number of nitrogens with zero attached hydrogens (tertiary/aromatic N) is 3. The highest BCUT2D eigenvalue weighted by molar-refractivity contribution is 6.00. The minimum Gasteiger partial charge on any atom is -0.465 e. The summed E-state index contributed by atoms with van der Waals surface area (Å²) in [4.78, 5) is 42.0. The lowest BCUT2D eigenvalue weighted by atomic mass is 9.97. The summed E-state index contributed by atoms with van der Waals surface area (Å²) in [5.74, 6) is -0.714. The van der Waals surface area contributed by atoms with E-state index in [2.05, 4.69) is 9.88 Å². The lowest BCUT2D eigenvalue weighted by molar-refractivity contribution is -0.141. The Labute approximate surface area is 211 Å². The molecular formula is C28H32N4O4. The monoisotopic (exact) mass is 488 g/mol. The fourth-order valence-corrected chi connectivity index (χ4v) is 4.53. The molecule has 8 heteroatoms. The molecule has 3 amide bonds. The quantitative estimate of drug-likeness (QED) is 0.456. The van der Waals surface area contributed by atoms with Gasteiger partial charge in [0.05, 0.1) is 23.7 Å². The smallest absolute Gasteiger partial charge is 0.325 e. The molecule has 0 saturated heterocycles. The summed E-state index contributed by atoms with van der Waals surface area (Å²) in [7, 11) is 0. The van der Waals surface area contributed by atoms with Gasteiger partial charge in [0.15, 0.2) is 0 Å². The van der Waals surface area contributed by atoms with Crippen molar-refractivity contribution in [1.29, 1.82) is 0 Å². The van der Waals surface area contributed by atoms with Crippen molar-refractivity contribution in [3.8, 4) is 5.69 Å². The van der Waals surface area contributed by atoms with Gasteiger partial charge in [-0.2, -0.15) is 0 Å². The first-order valence-corrected chi connectivity index (χ1v) is 12.4. The van der Waals surface area contributed by atoms with Crippen molar-refractivity contribution in [2.45, 2.75) is 32.7 Å². The average molecular weight is 489 g/mol. The first-order valence-electron chi connectivity index (χ1n) is 12.4. The molecule has 0 bridgehead atoms. The third kappa shape index (κ3) is 5.27. The Bertz CT molecular complexity index is 1210. The highest BCUT2D eigenvalue weighted by Crippen LogP contribution is 2.42. The van der Waals surface area contributed by atoms with Crippen LogP contribution in [0.25, 0.3) is 5.69 Å². The van der Waals surface area contributed by atoms with Gasteiger partial charge >= 0.3 is 12.0 Å². The Hall–Kier alpha value is -4.07. The van der Waals surface area contributed by atoms with Crippen molar-refractivity contribution in [3.05, 3.63) is 84.2 Å². The maximum absolute atomic E-state index is 14.0. The second kappa shape index (κ2) is 11.6. The van der Waals surface area contributed by atoms with Gasteiger partial charge in [-0.25, -0.2) is 4.79 Å². The zero-order valence-corrected chi connectivity index (χ0v) is 20.7. The molecule has 2 heterocycles. The summed E-state index contributed by atoms with van der Waals surface area (Å²) in [6, 6.07) is 20.9. The third-order valence-electron chi connectivity index (χ3n) is 6.19. The van der Waals surface area contributed by atoms with Crippen LogP contribution in [0.5, 0.6) is 0 Å². The van der Waals surface area contributed by atoms with Gasteiger partial charge in [-0.15, -0.1) is 0 Å². The highest BCUT2D eigenvalue weighted by atomic mass is 16.5. The number of benzene rings is 2. The van der Waals surface area contributed by atoms with Gasteiger partial charge in [0.2, 0.25) is 5.91 Å². The van der Waals surface area contributed by atoms with Gasteiger partial charge in [0, 0.05) is 12.7 Å². The predicted molar refractivity (Wildman–Crippen MR) is 138 cm³/mol. The van der Waals surface area contributed by atoms with Crippen LogP contribution in [0.4, 0.5) is 10.5 Å². The van der Waals surface area contributed by atoms with Crippen LogP contribution in [-0.4, -0.2) is 53.6 Å². The van der Waals surface area contributed by atoms with E-state index >= 15 is 0 Å². The molecule has 1 aliphatic rings. The number of carbonyl (C=O) groups is 3. The largest absolute Gasteiger partial charge is 0.465 e. The second-order valence-corrected chi connectivity index (χ2v) is 8.61. The number of rotatable bonds is 9. The summed E-state index contributed by atoms with van der Waals surface area (Å²) in [5, 5.41) is 2.60. The lowest BCUT2D eigenvalue weighted by Gasteiger charge is -2.39. The van der Waals surface area contributed by atoms with E-state index < -0.39 is 12.0 Å². The van der Waals surface area contributed by atoms with Crippen molar-refractivity contribution in [2.75, 3.05) is 31.1 Å². The van der Waals surface area contributed by atoms with Crippen LogP contribution in [0, 0.1) is 0 Å². The number of urea groups is 1. The fraction of sp³-hybridized carbons (Fsp3) is 0.321. The van der Waals surface area contributed by atoms with Crippen LogP contribution in [-0.2, 0) is 14.3 Å². The number of hydrogen-bond donors (Lipinski definition) is 1. The van der Waals surface area contributed by atoms with Crippen molar-refractivity contribution in [2.24, 2.45) is 0 Å². The number of hydrogen-bond acceptors (Lipinski definition) is 4. The molecule has 1 unspecified atom stereocenters. The van der Waals surface area contributed by atoms with E-state index in [-0.39, 0.29) is 31.6 Å². The number of aromatic nitrogens is 1. The molecule has 0 aliphatic carbocycles. The molecule has 3 aromatic rings. The first kappa shape index (κ1) is 25.0. The van der Waals surface area contributed by atoms with Crippen molar-refractivity contribution >= 4 is 23.6 Å². The number of fused-ring (bicyclic) bond motifs is 3. The van der Waals surface area contributed by atoms with Crippen LogP contribution in [0.3, 0.4) is 0 Å². The highest BCUT2D eigenvalue weighted by Gasteiger charge is 2.36. The van der Waals surface area contributed by atoms with Gasteiger partial charge in [0.1, 0.15) is 19.1 Å². The maximum atomic E-state index is 14.0. The molecule has 188 valence electrons. The summed E-state index contributed by atoms with van der Waals surface area (Å²) < 4.78 is 7.02. The standard InChI is InChI=1S/C28H32N4O4/c1-3-5-17-30(28(35)29-19-26(34)36-4-2)20-25(33)32-23-15-10-9-14-22(23)31-18-11-16-24(31)27(32)21-12-7-6-8-13-21/h6-16,18,27H,3-5,17,19-20H2,1-2H3,(H,29,35). The molecule has 1 aliphatic heterocycles. The number of esters is 1. The number of para-hydroxylation sites is 2. The summed E-state index contributed by atoms with van der Waals surface area (Å²) in [6.07, 6.45) is 3.60. The zero-order valence-electron chi connectivity index (χ0n) is 20.7. The van der Waals surface area contributed by atoms with Crippen molar-refractivity contribution in [1.82, 2.24) is 14.8 Å². The molecule has 1 aromatic heterocycles. The van der Waals surface area contributed by atoms with E-state index in [4.69, 9.17) is 4.74 Å². The Morgan fingerprint density at radius 1 is 0.944 bits per heavy atom. The predicted octanol–water partition coefficient (Wildman–Crippen LogP) is 4.29. The SMILES string of the molecule is CCCCN(CC(=O)N1c2ccccc2-n2cccc2C1c1ccccc1)C(=O)NCC(=O)OCC. The molecule has 0 saturated carbocycles. The van der Waals surface area contributed by atoms with E-state index in [0.717, 1.165) is 35.5 Å². The topological polar surface area (TPSA) is 83.9 Å². The molecule has 8 nitrogen and oxygen atoms in total. The number of amides is 3. The summed E-state index contributed by atoms with van der Waals surface area (Å²) in [6.45, 7) is 4.02. The summed E-state index contributed by atoms with van der Waals surface area (Å²) in [5.41, 5.74) is 3.64. The molecule has 4 rings (SSSR count). The van der Waals surface area contributed by atoms with Gasteiger partial charge in [0.25, 0.3) is 0 Å². The second-order valence-electron chi connectivity index (χ2n) is 8.61. The maximum Gasteiger partial charge on any atom is 0.325 e. The van der Waals surface area contributed by atoms with Crippen LogP contribution in [0.2, 0.25) is 0 Å². The van der Waals surface area contributed by atoms with Crippen LogP contribution < -0.4 is 10.2 Å². The number of carbonyl (C=O) groups excluding carboxylic acids is 3. The number of nitrogens with one attached hydrogen (secondary N) is 1. The normalized spacial score (nSPS) is 13.9. The molecule has 0 fully saturated rings. The Kier molecular flexibility index (Phi) is 8.05. The Morgan fingerprint density at radius 2 is 1.67 bits per heavy atom. The molecule has 0 radical (unpaired) electrons. The third-order valence-corrected chi connectivity index (χ3v) is 6.19. The Morgan fingerprint density at radius 3 is 2.39 bits per heavy atom. The van der Waals surface area contributed by atoms with E-state index in [1.807, 2.05) is 79.9 Å². The summed E-state index contributed by atoms with van der Waals surface area (Å²) >= 11 is 0. The number of unbranched alkanes of at least 4 members (excludes halogenated alkanes) is 1. The van der Waals surface area contributed by atoms with Crippen LogP contribution in [0.1, 0.15) is 44.0 Å². The van der Waals surface area contributed by atoms with Gasteiger partial charge < -0.3 is 19.5 Å². The molecule has 1 N–H and O–H groups in total. The van der Waals surface area contributed by atoms with Crippen LogP contribution >= 0.6 is 0 Å². The van der Waals surface area contributed by atoms with Gasteiger partial charge in [-0.05, 0) is 43.2 Å². The Balaban J connectivity index is 1.65. The van der Waals surface area contributed by atoms with E-state index in [9.17, 15) is 14.4 Å². The van der Waals surface area contributed by atoms with E-state index in [0.29, 0.717) is 6.54 Å². The molecule has 2 aromatic carbocycles. The minimum atomic E-state index is -0.512. The fourth-order valence-electron chi connectivity index (χ4n) is 4.53. The lowest BCUT2D eigenvalue weighted by Crippen LogP contribution is -2.50. The van der Waals surface area contributed by atoms with Crippen molar-refractivity contribution < 1.29 is 19.1 Å². The number of anilines is 1. The molecule has 1 atom stereocenters. The molecule has 36 heavy (non-hydrogen) atoms. The molecular weight excluding hydrogens is 456 g/mol. The van der Waals surface area contributed by atoms with Gasteiger partial charge in [-0.1, -0.05) is 55.8 Å². The number of ether oxygens (including phenoxy) is 1. The first-order chi connectivity index (χ1) is 17.5. The average Bonchev–Trinajstić information content (AvgIpc) is 3.39. The zero-order chi connectivity index (χ0) is 25.5. The van der Waals surface area contributed by atoms with Crippen molar-refractivity contribution in [3.63, 3.8) is 0 Å². The van der Waals surface area contributed by atoms with Gasteiger partial charge in [-0.3, -0.25) is 14.5 Å².